The van der Waals surface area contributed by atoms with E-state index in [1.807, 2.05) is 131 Å². The molecule has 0 amide bonds. The van der Waals surface area contributed by atoms with Crippen LogP contribution in [0, 0.1) is 0 Å². The van der Waals surface area contributed by atoms with E-state index in [4.69, 9.17) is 9.47 Å². The van der Waals surface area contributed by atoms with Crippen LogP contribution in [0.15, 0.2) is 327 Å². The van der Waals surface area contributed by atoms with Crippen molar-refractivity contribution in [2.75, 3.05) is 9.80 Å². The summed E-state index contributed by atoms with van der Waals surface area (Å²) in [5, 5.41) is -0.355. The summed E-state index contributed by atoms with van der Waals surface area (Å²) in [6.07, 6.45) is 0. The predicted molar refractivity (Wildman–Crippen MR) is 461 cm³/mol. The number of benzene rings is 15. The molecule has 0 unspecified atom stereocenters. The molecule has 0 spiro atoms. The van der Waals surface area contributed by atoms with Gasteiger partial charge < -0.3 is 23.8 Å². The monoisotopic (exact) mass is 1420 g/mol. The Bertz CT molecular complexity index is 7230. The summed E-state index contributed by atoms with van der Waals surface area (Å²) in [6.45, 7) is 15.9. The molecule has 16 aromatic rings. The van der Waals surface area contributed by atoms with E-state index >= 15 is 0 Å². The van der Waals surface area contributed by atoms with Crippen LogP contribution in [0.1, 0.15) is 104 Å². The van der Waals surface area contributed by atoms with Crippen molar-refractivity contribution >= 4 is 102 Å². The second kappa shape index (κ2) is 25.0. The van der Waals surface area contributed by atoms with Crippen molar-refractivity contribution in [1.82, 2.24) is 4.57 Å². The third-order valence-corrected chi connectivity index (χ3v) is 21.8. The van der Waals surface area contributed by atoms with Crippen molar-refractivity contribution in [3.05, 3.63) is 344 Å². The van der Waals surface area contributed by atoms with E-state index in [0.29, 0.717) is 67.2 Å². The highest BCUT2D eigenvalue weighted by atomic mass is 16.5. The molecule has 0 N–H and O–H groups in total. The van der Waals surface area contributed by atoms with Crippen LogP contribution in [-0.4, -0.2) is 18.0 Å². The van der Waals surface area contributed by atoms with Gasteiger partial charge in [-0.15, -0.1) is 0 Å². The van der Waals surface area contributed by atoms with E-state index in [1.54, 1.807) is 60.7 Å². The standard InChI is InChI=1S/C102H81B2N3O2/c1-100(2,3)72-56-78(66-36-20-12-21-37-66)97(79(57-72)67-38-22-13-23-39-67)106-87-62-75(105-85-54-70(64-32-16-10-17-33-64)48-51-76(85)77-52-49-71(55-86(77)105)65-34-18-11-19-35-65)50-53-82(87)104-94-88(106)60-74(102(7,8)9)61-89(94)107(98-80(68-40-24-14-25-41-68)58-73(101(4,5)6)59-81(98)69-42-26-15-27-43-69)90-63-93-96-99(95(90)104)109-92-47-31-29-45-84(92)103(96)83-44-28-30-46-91(83)108-93/h10-63H,1-9H3/i28D,29D,30D,31D,44D,45D,46D,47D,48D,49D,50D,51D,52D,53D,54D,55D,62D,63D. The molecule has 4 aliphatic rings. The van der Waals surface area contributed by atoms with Gasteiger partial charge in [0.1, 0.15) is 23.0 Å². The van der Waals surface area contributed by atoms with E-state index in [1.165, 1.54) is 4.57 Å². The van der Waals surface area contributed by atoms with Gasteiger partial charge in [-0.25, -0.2) is 0 Å². The SMILES string of the molecule is [2H]c1c([2H])c([2H])c2c(c1[2H])Oc1c([2H])c3c(c4c1B2c1c([2H])c([2H])c([2H])c([2H])c1O4)B1c2c(cc(C(C)(C)C)cc2N3c2c(-c3ccccc3)cc(C(C)(C)C)cc2-c2ccccc2)N(c2c(-c3ccccc3)cc(C(C)(C)C)cc2-c2ccccc2)c2c([2H])c(-n3c4c([2H])c(-c5ccccc5)c([2H])c([2H])c4c4c([2H])c([2H])c(-c5ccccc5)c([2H])c43)c([2H])c([2H])c21. The number of hydrogen-bond acceptors (Lipinski definition) is 4. The molecular formula is C102H81B2N3O2. The van der Waals surface area contributed by atoms with Gasteiger partial charge in [-0.05, 0) is 177 Å². The molecule has 20 rings (SSSR count). The first-order chi connectivity index (χ1) is 60.5. The molecule has 0 fully saturated rings. The van der Waals surface area contributed by atoms with E-state index < -0.39 is 144 Å². The van der Waals surface area contributed by atoms with Crippen molar-refractivity contribution in [2.45, 2.75) is 78.6 Å². The molecule has 522 valence electrons. The molecule has 0 bridgehead atoms. The Kier molecular flexibility index (Phi) is 11.3. The van der Waals surface area contributed by atoms with Gasteiger partial charge in [0.05, 0.1) is 47.1 Å². The van der Waals surface area contributed by atoms with Crippen LogP contribution < -0.4 is 52.1 Å². The van der Waals surface area contributed by atoms with E-state index in [-0.39, 0.29) is 95.2 Å². The van der Waals surface area contributed by atoms with Crippen molar-refractivity contribution in [2.24, 2.45) is 0 Å². The van der Waals surface area contributed by atoms with Crippen LogP contribution in [0.3, 0.4) is 0 Å². The van der Waals surface area contributed by atoms with Crippen molar-refractivity contribution in [3.63, 3.8) is 0 Å². The largest absolute Gasteiger partial charge is 0.459 e. The van der Waals surface area contributed by atoms with Crippen molar-refractivity contribution < 1.29 is 34.1 Å². The minimum atomic E-state index is -1.62. The van der Waals surface area contributed by atoms with Crippen LogP contribution >= 0.6 is 0 Å². The lowest BCUT2D eigenvalue weighted by Crippen LogP contribution is -2.65. The van der Waals surface area contributed by atoms with Gasteiger partial charge in [0.25, 0.3) is 13.4 Å². The third kappa shape index (κ3) is 10.7. The number of para-hydroxylation sites is 2. The quantitative estimate of drug-likeness (QED) is 0.135. The first-order valence-electron chi connectivity index (χ1n) is 46.0. The fraction of sp³-hybridized carbons (Fsp3) is 0.118. The number of anilines is 6. The molecule has 0 radical (unpaired) electrons. The second-order valence-corrected chi connectivity index (χ2v) is 31.7. The van der Waals surface area contributed by atoms with Crippen molar-refractivity contribution in [3.8, 4) is 95.4 Å². The second-order valence-electron chi connectivity index (χ2n) is 31.7. The Morgan fingerprint density at radius 1 is 0.303 bits per heavy atom. The molecule has 0 aliphatic carbocycles. The van der Waals surface area contributed by atoms with Crippen LogP contribution in [-0.2, 0) is 16.2 Å². The molecule has 109 heavy (non-hydrogen) atoms. The molecule has 5 heterocycles. The van der Waals surface area contributed by atoms with Crippen LogP contribution in [0.5, 0.6) is 23.0 Å². The summed E-state index contributed by atoms with van der Waals surface area (Å²) >= 11 is 0. The summed E-state index contributed by atoms with van der Waals surface area (Å²) < 4.78 is 203. The average Bonchev–Trinajstić information content (AvgIpc) is 0.859. The highest BCUT2D eigenvalue weighted by Gasteiger charge is 2.52. The Morgan fingerprint density at radius 2 is 0.688 bits per heavy atom. The molecule has 1 aromatic heterocycles. The third-order valence-electron chi connectivity index (χ3n) is 21.8. The number of aromatic nitrogens is 1. The maximum absolute atomic E-state index is 12.2. The lowest BCUT2D eigenvalue weighted by molar-refractivity contribution is 0.467. The minimum absolute atomic E-state index is 0.0178. The summed E-state index contributed by atoms with van der Waals surface area (Å²) in [5.41, 5.74) is 7.86. The Balaban J connectivity index is 1.07. The highest BCUT2D eigenvalue weighted by molar-refractivity contribution is 7.03. The van der Waals surface area contributed by atoms with Gasteiger partial charge in [0, 0.05) is 73.0 Å². The van der Waals surface area contributed by atoms with E-state index in [2.05, 4.69) is 98.7 Å². The van der Waals surface area contributed by atoms with Gasteiger partial charge in [-0.2, -0.15) is 0 Å². The van der Waals surface area contributed by atoms with Crippen LogP contribution in [0.2, 0.25) is 0 Å². The number of fused-ring (bicyclic) bond motifs is 12. The first-order valence-corrected chi connectivity index (χ1v) is 37.0. The molecule has 0 atom stereocenters. The number of ether oxygens (including phenoxy) is 2. The molecule has 0 saturated carbocycles. The van der Waals surface area contributed by atoms with Gasteiger partial charge >= 0.3 is 0 Å². The first kappa shape index (κ1) is 49.3. The zero-order valence-electron chi connectivity index (χ0n) is 79.6. The lowest BCUT2D eigenvalue weighted by atomic mass is 9.30. The average molecular weight is 1420 g/mol. The van der Waals surface area contributed by atoms with Gasteiger partial charge in [-0.1, -0.05) is 311 Å². The number of nitrogens with zero attached hydrogens (tertiary/aromatic N) is 3. The Labute approximate surface area is 665 Å². The zero-order chi connectivity index (χ0) is 89.4. The van der Waals surface area contributed by atoms with E-state index in [9.17, 15) is 24.7 Å². The normalized spacial score (nSPS) is 15.6. The lowest BCUT2D eigenvalue weighted by Gasteiger charge is -2.48. The fourth-order valence-electron chi connectivity index (χ4n) is 16.4. The van der Waals surface area contributed by atoms with Crippen molar-refractivity contribution in [1.29, 1.82) is 0 Å². The van der Waals surface area contributed by atoms with Gasteiger partial charge in [0.15, 0.2) is 0 Å². The summed E-state index contributed by atoms with van der Waals surface area (Å²) in [4.78, 5) is 4.04. The molecule has 4 aliphatic heterocycles. The Morgan fingerprint density at radius 3 is 1.11 bits per heavy atom. The number of hydrogen-bond donors (Lipinski definition) is 0. The summed E-state index contributed by atoms with van der Waals surface area (Å²) in [7, 11) is 0. The molecule has 0 saturated heterocycles. The highest BCUT2D eigenvalue weighted by Crippen LogP contribution is 2.57. The predicted octanol–water partition coefficient (Wildman–Crippen LogP) is 23.5. The van der Waals surface area contributed by atoms with E-state index in [0.717, 1.165) is 33.4 Å². The number of rotatable bonds is 9. The summed E-state index contributed by atoms with van der Waals surface area (Å²) in [5.74, 6) is -1.28. The van der Waals surface area contributed by atoms with Gasteiger partial charge in [0.2, 0.25) is 0 Å². The molecule has 5 nitrogen and oxygen atoms in total. The fourth-order valence-corrected chi connectivity index (χ4v) is 16.4. The molecule has 15 aromatic carbocycles. The smallest absolute Gasteiger partial charge is 0.260 e. The van der Waals surface area contributed by atoms with Gasteiger partial charge in [-0.3, -0.25) is 0 Å². The molecule has 7 heteroatoms. The van der Waals surface area contributed by atoms with Crippen LogP contribution in [0.4, 0.5) is 34.1 Å². The maximum Gasteiger partial charge on any atom is 0.260 e. The topological polar surface area (TPSA) is 29.9 Å². The van der Waals surface area contributed by atoms with Crippen LogP contribution in [0.25, 0.3) is 94.3 Å². The Hall–Kier alpha value is -12.6. The summed E-state index contributed by atoms with van der Waals surface area (Å²) in [6, 6.07) is 59.8. The molecular weight excluding hydrogens is 1320 g/mol. The zero-order valence-corrected chi connectivity index (χ0v) is 61.6. The maximum atomic E-state index is 12.2. The minimum Gasteiger partial charge on any atom is -0.459 e.